The SMILES string of the molecule is N#Cc1cc(Br)ccc1OCC(=O)N1CCC(=O)CC1. The van der Waals surface area contributed by atoms with Gasteiger partial charge in [-0.3, -0.25) is 9.59 Å². The average molecular weight is 337 g/mol. The topological polar surface area (TPSA) is 70.4 Å². The van der Waals surface area contributed by atoms with Crippen LogP contribution < -0.4 is 4.74 Å². The largest absolute Gasteiger partial charge is 0.482 e. The normalized spacial score (nSPS) is 14.8. The number of nitrogens with zero attached hydrogens (tertiary/aromatic N) is 2. The molecule has 1 aliphatic heterocycles. The van der Waals surface area contributed by atoms with E-state index in [4.69, 9.17) is 10.00 Å². The van der Waals surface area contributed by atoms with E-state index in [2.05, 4.69) is 15.9 Å². The Morgan fingerprint density at radius 1 is 1.40 bits per heavy atom. The average Bonchev–Trinajstić information content (AvgIpc) is 2.46. The van der Waals surface area contributed by atoms with Crippen molar-refractivity contribution in [3.05, 3.63) is 28.2 Å². The number of amides is 1. The molecule has 1 fully saturated rings. The summed E-state index contributed by atoms with van der Waals surface area (Å²) in [5, 5.41) is 9.00. The Labute approximate surface area is 125 Å². The molecule has 0 bridgehead atoms. The molecule has 1 amide bonds. The van der Waals surface area contributed by atoms with Gasteiger partial charge >= 0.3 is 0 Å². The van der Waals surface area contributed by atoms with Crippen molar-refractivity contribution in [3.8, 4) is 11.8 Å². The van der Waals surface area contributed by atoms with Crippen LogP contribution in [-0.2, 0) is 9.59 Å². The van der Waals surface area contributed by atoms with E-state index >= 15 is 0 Å². The predicted octanol–water partition coefficient (Wildman–Crippen LogP) is 1.89. The molecule has 0 radical (unpaired) electrons. The van der Waals surface area contributed by atoms with Crippen LogP contribution in [0.3, 0.4) is 0 Å². The number of carbonyl (C=O) groups is 2. The van der Waals surface area contributed by atoms with E-state index in [1.165, 1.54) is 0 Å². The van der Waals surface area contributed by atoms with Gasteiger partial charge in [-0.15, -0.1) is 0 Å². The van der Waals surface area contributed by atoms with Gasteiger partial charge in [-0.1, -0.05) is 15.9 Å². The van der Waals surface area contributed by atoms with Gasteiger partial charge in [0.2, 0.25) is 0 Å². The first-order valence-corrected chi connectivity index (χ1v) is 7.01. The maximum atomic E-state index is 11.9. The predicted molar refractivity (Wildman–Crippen MR) is 75.2 cm³/mol. The molecule has 0 atom stereocenters. The number of Topliss-reactive ketones (excluding diaryl/α,β-unsaturated/α-hetero) is 1. The summed E-state index contributed by atoms with van der Waals surface area (Å²) in [6.07, 6.45) is 0.820. The number of benzene rings is 1. The molecule has 2 rings (SSSR count). The van der Waals surface area contributed by atoms with Gasteiger partial charge in [-0.2, -0.15) is 5.26 Å². The number of halogens is 1. The van der Waals surface area contributed by atoms with Crippen LogP contribution in [0.1, 0.15) is 18.4 Å². The van der Waals surface area contributed by atoms with Crippen LogP contribution in [0, 0.1) is 11.3 Å². The molecule has 0 N–H and O–H groups in total. The minimum atomic E-state index is -0.163. The van der Waals surface area contributed by atoms with Gasteiger partial charge in [0.25, 0.3) is 5.91 Å². The second-order valence-electron chi connectivity index (χ2n) is 4.46. The minimum Gasteiger partial charge on any atom is -0.482 e. The standard InChI is InChI=1S/C14H13BrN2O3/c15-11-1-2-13(10(7-11)8-16)20-9-14(19)17-5-3-12(18)4-6-17/h1-2,7H,3-6,9H2. The number of likely N-dealkylation sites (tertiary alicyclic amines) is 1. The fourth-order valence-corrected chi connectivity index (χ4v) is 2.31. The smallest absolute Gasteiger partial charge is 0.260 e. The number of hydrogen-bond acceptors (Lipinski definition) is 4. The lowest BCUT2D eigenvalue weighted by molar-refractivity contribution is -0.136. The van der Waals surface area contributed by atoms with Crippen molar-refractivity contribution in [2.24, 2.45) is 0 Å². The number of nitriles is 1. The van der Waals surface area contributed by atoms with E-state index in [1.807, 2.05) is 6.07 Å². The second-order valence-corrected chi connectivity index (χ2v) is 5.38. The van der Waals surface area contributed by atoms with Crippen LogP contribution in [-0.4, -0.2) is 36.3 Å². The summed E-state index contributed by atoms with van der Waals surface area (Å²) in [4.78, 5) is 24.7. The molecular formula is C14H13BrN2O3. The first kappa shape index (κ1) is 14.5. The van der Waals surface area contributed by atoms with E-state index in [-0.39, 0.29) is 18.3 Å². The van der Waals surface area contributed by atoms with E-state index < -0.39 is 0 Å². The summed E-state index contributed by atoms with van der Waals surface area (Å²) in [7, 11) is 0. The van der Waals surface area contributed by atoms with Crippen molar-refractivity contribution in [2.75, 3.05) is 19.7 Å². The molecule has 6 heteroatoms. The Kier molecular flexibility index (Phi) is 4.74. The van der Waals surface area contributed by atoms with Crippen molar-refractivity contribution in [1.29, 1.82) is 5.26 Å². The Hall–Kier alpha value is -1.87. The number of rotatable bonds is 3. The molecule has 20 heavy (non-hydrogen) atoms. The van der Waals surface area contributed by atoms with Crippen molar-refractivity contribution in [1.82, 2.24) is 4.90 Å². The van der Waals surface area contributed by atoms with Crippen molar-refractivity contribution < 1.29 is 14.3 Å². The number of ketones is 1. The second kappa shape index (κ2) is 6.53. The maximum absolute atomic E-state index is 11.9. The summed E-state index contributed by atoms with van der Waals surface area (Å²) >= 11 is 3.27. The van der Waals surface area contributed by atoms with Gasteiger partial charge < -0.3 is 9.64 Å². The van der Waals surface area contributed by atoms with Crippen molar-refractivity contribution >= 4 is 27.6 Å². The van der Waals surface area contributed by atoms with Crippen LogP contribution >= 0.6 is 15.9 Å². The maximum Gasteiger partial charge on any atom is 0.260 e. The molecule has 0 aromatic heterocycles. The zero-order valence-corrected chi connectivity index (χ0v) is 12.4. The lowest BCUT2D eigenvalue weighted by Crippen LogP contribution is -2.41. The molecule has 1 aliphatic rings. The lowest BCUT2D eigenvalue weighted by Gasteiger charge is -2.26. The van der Waals surface area contributed by atoms with Gasteiger partial charge in [0, 0.05) is 30.4 Å². The molecule has 1 aromatic carbocycles. The lowest BCUT2D eigenvalue weighted by atomic mass is 10.1. The third kappa shape index (κ3) is 3.58. The molecule has 0 aliphatic carbocycles. The summed E-state index contributed by atoms with van der Waals surface area (Å²) in [5.74, 6) is 0.413. The van der Waals surface area contributed by atoms with Gasteiger partial charge in [-0.05, 0) is 18.2 Å². The van der Waals surface area contributed by atoms with Gasteiger partial charge in [0.1, 0.15) is 17.6 Å². The fourth-order valence-electron chi connectivity index (χ4n) is 1.95. The Morgan fingerprint density at radius 2 is 2.10 bits per heavy atom. The highest BCUT2D eigenvalue weighted by Gasteiger charge is 2.21. The minimum absolute atomic E-state index is 0.121. The number of ether oxygens (including phenoxy) is 1. The fraction of sp³-hybridized carbons (Fsp3) is 0.357. The number of piperidine rings is 1. The molecule has 1 saturated heterocycles. The van der Waals surface area contributed by atoms with Crippen molar-refractivity contribution in [2.45, 2.75) is 12.8 Å². The van der Waals surface area contributed by atoms with E-state index in [0.29, 0.717) is 37.2 Å². The zero-order chi connectivity index (χ0) is 14.5. The monoisotopic (exact) mass is 336 g/mol. The van der Waals surface area contributed by atoms with Crippen LogP contribution in [0.25, 0.3) is 0 Å². The zero-order valence-electron chi connectivity index (χ0n) is 10.8. The third-order valence-electron chi connectivity index (χ3n) is 3.09. The quantitative estimate of drug-likeness (QED) is 0.845. The molecular weight excluding hydrogens is 324 g/mol. The number of hydrogen-bond donors (Lipinski definition) is 0. The molecule has 0 spiro atoms. The first-order chi connectivity index (χ1) is 9.60. The molecule has 104 valence electrons. The van der Waals surface area contributed by atoms with E-state index in [0.717, 1.165) is 4.47 Å². The molecule has 0 saturated carbocycles. The summed E-state index contributed by atoms with van der Waals surface area (Å²) in [6, 6.07) is 7.06. The summed E-state index contributed by atoms with van der Waals surface area (Å²) in [5.41, 5.74) is 0.376. The number of carbonyl (C=O) groups excluding carboxylic acids is 2. The molecule has 1 heterocycles. The Balaban J connectivity index is 1.94. The van der Waals surface area contributed by atoms with Crippen LogP contribution in [0.4, 0.5) is 0 Å². The highest BCUT2D eigenvalue weighted by molar-refractivity contribution is 9.10. The van der Waals surface area contributed by atoms with Gasteiger partial charge in [0.05, 0.1) is 5.56 Å². The van der Waals surface area contributed by atoms with Gasteiger partial charge in [-0.25, -0.2) is 0 Å². The molecule has 5 nitrogen and oxygen atoms in total. The van der Waals surface area contributed by atoms with Crippen molar-refractivity contribution in [3.63, 3.8) is 0 Å². The summed E-state index contributed by atoms with van der Waals surface area (Å²) in [6.45, 7) is 0.781. The van der Waals surface area contributed by atoms with Crippen LogP contribution in [0.15, 0.2) is 22.7 Å². The highest BCUT2D eigenvalue weighted by atomic mass is 79.9. The van der Waals surface area contributed by atoms with Crippen LogP contribution in [0.2, 0.25) is 0 Å². The molecule has 1 aromatic rings. The Bertz CT molecular complexity index is 570. The highest BCUT2D eigenvalue weighted by Crippen LogP contribution is 2.22. The van der Waals surface area contributed by atoms with Crippen LogP contribution in [0.5, 0.6) is 5.75 Å². The molecule has 0 unspecified atom stereocenters. The van der Waals surface area contributed by atoms with E-state index in [9.17, 15) is 9.59 Å². The Morgan fingerprint density at radius 3 is 2.75 bits per heavy atom. The van der Waals surface area contributed by atoms with Gasteiger partial charge in [0.15, 0.2) is 6.61 Å². The summed E-state index contributed by atoms with van der Waals surface area (Å²) < 4.78 is 6.19. The third-order valence-corrected chi connectivity index (χ3v) is 3.58. The first-order valence-electron chi connectivity index (χ1n) is 6.22. The van der Waals surface area contributed by atoms with E-state index in [1.54, 1.807) is 23.1 Å².